The molecule has 76 valence electrons. The van der Waals surface area contributed by atoms with Gasteiger partial charge in [-0.15, -0.1) is 0 Å². The van der Waals surface area contributed by atoms with Gasteiger partial charge in [-0.3, -0.25) is 4.79 Å². The minimum Gasteiger partial charge on any atom is -0.477 e. The number of aromatic carboxylic acids is 1. The summed E-state index contributed by atoms with van der Waals surface area (Å²) in [6.45, 7) is 3.72. The summed E-state index contributed by atoms with van der Waals surface area (Å²) in [5.41, 5.74) is 0.730. The molecule has 4 nitrogen and oxygen atoms in total. The van der Waals surface area contributed by atoms with Crippen LogP contribution < -0.4 is 5.43 Å². The Bertz CT molecular complexity index is 406. The Morgan fingerprint density at radius 3 is 2.50 bits per heavy atom. The molecule has 1 heterocycles. The fourth-order valence-corrected chi connectivity index (χ4v) is 1.36. The first-order valence-corrected chi connectivity index (χ1v) is 4.58. The Balaban J connectivity index is 3.43. The lowest BCUT2D eigenvalue weighted by molar-refractivity contribution is 0.0693. The number of aromatic nitrogens is 1. The van der Waals surface area contributed by atoms with Gasteiger partial charge in [-0.25, -0.2) is 4.79 Å². The molecule has 0 unspecified atom stereocenters. The quantitative estimate of drug-likeness (QED) is 0.761. The molecule has 0 bridgehead atoms. The number of hydrogen-bond acceptors (Lipinski definition) is 2. The van der Waals surface area contributed by atoms with Crippen molar-refractivity contribution in [3.63, 3.8) is 0 Å². The zero-order valence-corrected chi connectivity index (χ0v) is 8.26. The van der Waals surface area contributed by atoms with Gasteiger partial charge in [-0.2, -0.15) is 0 Å². The third-order valence-electron chi connectivity index (χ3n) is 2.11. The fourth-order valence-electron chi connectivity index (χ4n) is 1.36. The molecule has 0 amide bonds. The first-order valence-electron chi connectivity index (χ1n) is 4.58. The van der Waals surface area contributed by atoms with Gasteiger partial charge in [0, 0.05) is 17.5 Å². The minimum atomic E-state index is -1.16. The zero-order valence-electron chi connectivity index (χ0n) is 8.26. The van der Waals surface area contributed by atoms with Crippen molar-refractivity contribution in [2.24, 2.45) is 0 Å². The molecular weight excluding hydrogens is 182 g/mol. The summed E-state index contributed by atoms with van der Waals surface area (Å²) in [6, 6.07) is 1.35. The lowest BCUT2D eigenvalue weighted by Crippen LogP contribution is -2.19. The van der Waals surface area contributed by atoms with Crippen molar-refractivity contribution in [2.45, 2.75) is 26.7 Å². The van der Waals surface area contributed by atoms with Crippen LogP contribution in [-0.4, -0.2) is 16.1 Å². The maximum Gasteiger partial charge on any atom is 0.341 e. The molecule has 0 fully saturated rings. The Morgan fingerprint density at radius 2 is 2.07 bits per heavy atom. The summed E-state index contributed by atoms with van der Waals surface area (Å²) < 4.78 is 0. The predicted molar refractivity (Wildman–Crippen MR) is 52.8 cm³/mol. The van der Waals surface area contributed by atoms with Crippen LogP contribution in [0.3, 0.4) is 0 Å². The number of hydrogen-bond donors (Lipinski definition) is 2. The van der Waals surface area contributed by atoms with Crippen LogP contribution in [-0.2, 0) is 12.8 Å². The molecule has 1 aromatic heterocycles. The summed E-state index contributed by atoms with van der Waals surface area (Å²) >= 11 is 0. The molecule has 0 aliphatic rings. The van der Waals surface area contributed by atoms with Crippen molar-refractivity contribution in [1.82, 2.24) is 4.98 Å². The molecule has 1 rings (SSSR count). The largest absolute Gasteiger partial charge is 0.477 e. The van der Waals surface area contributed by atoms with Gasteiger partial charge >= 0.3 is 5.97 Å². The fraction of sp³-hybridized carbons (Fsp3) is 0.400. The average molecular weight is 195 g/mol. The number of aromatic amines is 1. The summed E-state index contributed by atoms with van der Waals surface area (Å²) in [5.74, 6) is -1.16. The topological polar surface area (TPSA) is 70.2 Å². The van der Waals surface area contributed by atoms with E-state index in [0.29, 0.717) is 18.5 Å². The van der Waals surface area contributed by atoms with Gasteiger partial charge in [-0.05, 0) is 12.8 Å². The average Bonchev–Trinajstić information content (AvgIpc) is 2.15. The van der Waals surface area contributed by atoms with Crippen molar-refractivity contribution in [3.8, 4) is 0 Å². The first kappa shape index (κ1) is 10.5. The van der Waals surface area contributed by atoms with Crippen LogP contribution in [0.15, 0.2) is 10.9 Å². The van der Waals surface area contributed by atoms with Crippen LogP contribution in [0.1, 0.15) is 35.6 Å². The van der Waals surface area contributed by atoms with Gasteiger partial charge < -0.3 is 10.1 Å². The van der Waals surface area contributed by atoms with Crippen LogP contribution in [0.25, 0.3) is 0 Å². The van der Waals surface area contributed by atoms with Crippen LogP contribution in [0, 0.1) is 0 Å². The number of carboxylic acid groups (broad SMARTS) is 1. The molecule has 0 atom stereocenters. The molecule has 2 N–H and O–H groups in total. The van der Waals surface area contributed by atoms with E-state index in [1.54, 1.807) is 0 Å². The van der Waals surface area contributed by atoms with Gasteiger partial charge in [0.15, 0.2) is 5.43 Å². The van der Waals surface area contributed by atoms with E-state index in [0.717, 1.165) is 5.69 Å². The summed E-state index contributed by atoms with van der Waals surface area (Å²) in [5, 5.41) is 8.82. The normalized spacial score (nSPS) is 10.1. The highest BCUT2D eigenvalue weighted by molar-refractivity contribution is 5.88. The van der Waals surface area contributed by atoms with E-state index in [9.17, 15) is 9.59 Å². The summed E-state index contributed by atoms with van der Waals surface area (Å²) in [7, 11) is 0. The third-order valence-corrected chi connectivity index (χ3v) is 2.11. The molecular formula is C10H13NO3. The smallest absolute Gasteiger partial charge is 0.341 e. The van der Waals surface area contributed by atoms with Gasteiger partial charge in [0.1, 0.15) is 5.56 Å². The standard InChI is InChI=1S/C10H13NO3/c1-3-6-5-8(12)9(10(13)14)7(4-2)11-6/h5H,3-4H2,1-2H3,(H,11,12)(H,13,14). The van der Waals surface area contributed by atoms with E-state index in [2.05, 4.69) is 4.98 Å². The highest BCUT2D eigenvalue weighted by atomic mass is 16.4. The number of H-pyrrole nitrogens is 1. The molecule has 0 aliphatic heterocycles. The van der Waals surface area contributed by atoms with Crippen LogP contribution in [0.2, 0.25) is 0 Å². The molecule has 0 aromatic carbocycles. The Hall–Kier alpha value is -1.58. The third kappa shape index (κ3) is 1.84. The minimum absolute atomic E-state index is 0.135. The Kier molecular flexibility index (Phi) is 3.06. The van der Waals surface area contributed by atoms with Crippen molar-refractivity contribution in [1.29, 1.82) is 0 Å². The number of carboxylic acids is 1. The van der Waals surface area contributed by atoms with Gasteiger partial charge in [-0.1, -0.05) is 13.8 Å². The molecule has 4 heteroatoms. The maximum atomic E-state index is 11.4. The van der Waals surface area contributed by atoms with E-state index in [4.69, 9.17) is 5.11 Å². The van der Waals surface area contributed by atoms with Crippen LogP contribution >= 0.6 is 0 Å². The maximum absolute atomic E-state index is 11.4. The van der Waals surface area contributed by atoms with Gasteiger partial charge in [0.05, 0.1) is 0 Å². The predicted octanol–water partition coefficient (Wildman–Crippen LogP) is 1.20. The highest BCUT2D eigenvalue weighted by Crippen LogP contribution is 2.04. The number of carbonyl (C=O) groups is 1. The van der Waals surface area contributed by atoms with Gasteiger partial charge in [0.2, 0.25) is 0 Å². The van der Waals surface area contributed by atoms with E-state index in [1.807, 2.05) is 13.8 Å². The van der Waals surface area contributed by atoms with E-state index in [1.165, 1.54) is 6.07 Å². The summed E-state index contributed by atoms with van der Waals surface area (Å²) in [4.78, 5) is 25.2. The molecule has 0 aliphatic carbocycles. The SMILES string of the molecule is CCc1cc(=O)c(C(=O)O)c(CC)[nH]1. The van der Waals surface area contributed by atoms with Crippen molar-refractivity contribution in [3.05, 3.63) is 33.2 Å². The molecule has 0 radical (unpaired) electrons. The highest BCUT2D eigenvalue weighted by Gasteiger charge is 2.14. The lowest BCUT2D eigenvalue weighted by atomic mass is 10.1. The van der Waals surface area contributed by atoms with E-state index < -0.39 is 11.4 Å². The lowest BCUT2D eigenvalue weighted by Gasteiger charge is -2.05. The second-order valence-electron chi connectivity index (χ2n) is 3.02. The molecule has 0 spiro atoms. The van der Waals surface area contributed by atoms with Gasteiger partial charge in [0.25, 0.3) is 0 Å². The second-order valence-corrected chi connectivity index (χ2v) is 3.02. The van der Waals surface area contributed by atoms with E-state index in [-0.39, 0.29) is 5.56 Å². The molecule has 0 saturated carbocycles. The number of nitrogens with one attached hydrogen (secondary N) is 1. The Morgan fingerprint density at radius 1 is 1.43 bits per heavy atom. The molecule has 1 aromatic rings. The second kappa shape index (κ2) is 4.09. The Labute approximate surface area is 81.6 Å². The zero-order chi connectivity index (χ0) is 10.7. The summed E-state index contributed by atoms with van der Waals surface area (Å²) in [6.07, 6.45) is 1.22. The van der Waals surface area contributed by atoms with Crippen molar-refractivity contribution < 1.29 is 9.90 Å². The van der Waals surface area contributed by atoms with Crippen molar-refractivity contribution >= 4 is 5.97 Å². The van der Waals surface area contributed by atoms with Crippen LogP contribution in [0.5, 0.6) is 0 Å². The van der Waals surface area contributed by atoms with Crippen molar-refractivity contribution in [2.75, 3.05) is 0 Å². The molecule has 14 heavy (non-hydrogen) atoms. The number of rotatable bonds is 3. The number of pyridine rings is 1. The number of aryl methyl sites for hydroxylation is 2. The van der Waals surface area contributed by atoms with E-state index >= 15 is 0 Å². The molecule has 0 saturated heterocycles. The first-order chi connectivity index (χ1) is 6.60. The monoisotopic (exact) mass is 195 g/mol. The van der Waals surface area contributed by atoms with Crippen LogP contribution in [0.4, 0.5) is 0 Å².